The number of hydrogen-bond acceptors (Lipinski definition) is 3. The van der Waals surface area contributed by atoms with Crippen LogP contribution in [-0.4, -0.2) is 26.2 Å². The van der Waals surface area contributed by atoms with Gasteiger partial charge in [-0.25, -0.2) is 0 Å². The topological polar surface area (TPSA) is 33.3 Å². The summed E-state index contributed by atoms with van der Waals surface area (Å²) in [6.07, 6.45) is 3.94. The largest absolute Gasteiger partial charge is 0.497 e. The van der Waals surface area contributed by atoms with Crippen LogP contribution in [0.4, 0.5) is 0 Å². The second-order valence-electron chi connectivity index (χ2n) is 4.61. The van der Waals surface area contributed by atoms with Crippen molar-refractivity contribution in [3.05, 3.63) is 29.8 Å². The predicted octanol–water partition coefficient (Wildman–Crippen LogP) is 1.93. The van der Waals surface area contributed by atoms with Gasteiger partial charge in [-0.3, -0.25) is 0 Å². The smallest absolute Gasteiger partial charge is 0.119 e. The van der Waals surface area contributed by atoms with Crippen molar-refractivity contribution in [2.45, 2.75) is 31.8 Å². The summed E-state index contributed by atoms with van der Waals surface area (Å²) in [5.41, 5.74) is 1.28. The van der Waals surface area contributed by atoms with Gasteiger partial charge >= 0.3 is 0 Å². The summed E-state index contributed by atoms with van der Waals surface area (Å²) in [7, 11) is 1.70. The molecule has 1 saturated carbocycles. The van der Waals surface area contributed by atoms with Gasteiger partial charge in [-0.05, 0) is 50.0 Å². The maximum Gasteiger partial charge on any atom is 0.119 e. The molecule has 0 heterocycles. The first-order valence-electron chi connectivity index (χ1n) is 6.45. The second kappa shape index (κ2) is 6.62. The molecule has 0 bridgehead atoms. The quantitative estimate of drug-likeness (QED) is 0.674. The lowest BCUT2D eigenvalue weighted by atomic mass is 10.2. The molecule has 2 N–H and O–H groups in total. The van der Waals surface area contributed by atoms with E-state index in [0.29, 0.717) is 0 Å². The van der Waals surface area contributed by atoms with Gasteiger partial charge in [0.2, 0.25) is 0 Å². The van der Waals surface area contributed by atoms with E-state index in [0.717, 1.165) is 31.4 Å². The molecule has 3 heteroatoms. The third-order valence-electron chi connectivity index (χ3n) is 3.00. The Labute approximate surface area is 104 Å². The summed E-state index contributed by atoms with van der Waals surface area (Å²) >= 11 is 0. The molecule has 0 spiro atoms. The van der Waals surface area contributed by atoms with Crippen molar-refractivity contribution in [2.24, 2.45) is 0 Å². The highest BCUT2D eigenvalue weighted by atomic mass is 16.5. The molecule has 1 aromatic rings. The van der Waals surface area contributed by atoms with Crippen molar-refractivity contribution in [1.29, 1.82) is 0 Å². The number of benzene rings is 1. The van der Waals surface area contributed by atoms with Crippen molar-refractivity contribution < 1.29 is 4.74 Å². The highest BCUT2D eigenvalue weighted by molar-refractivity contribution is 5.28. The fourth-order valence-electron chi connectivity index (χ4n) is 1.82. The molecule has 1 aliphatic rings. The van der Waals surface area contributed by atoms with Gasteiger partial charge in [0.25, 0.3) is 0 Å². The second-order valence-corrected chi connectivity index (χ2v) is 4.61. The van der Waals surface area contributed by atoms with E-state index in [1.165, 1.54) is 24.8 Å². The number of rotatable bonds is 8. The molecule has 17 heavy (non-hydrogen) atoms. The van der Waals surface area contributed by atoms with Gasteiger partial charge in [0.05, 0.1) is 7.11 Å². The van der Waals surface area contributed by atoms with Crippen LogP contribution < -0.4 is 15.4 Å². The van der Waals surface area contributed by atoms with Crippen LogP contribution in [-0.2, 0) is 6.54 Å². The fraction of sp³-hybridized carbons (Fsp3) is 0.571. The fourth-order valence-corrected chi connectivity index (χ4v) is 1.82. The Hall–Kier alpha value is -1.06. The molecular formula is C14H22N2O. The number of hydrogen-bond donors (Lipinski definition) is 2. The van der Waals surface area contributed by atoms with Gasteiger partial charge in [-0.1, -0.05) is 12.1 Å². The van der Waals surface area contributed by atoms with Gasteiger partial charge in [-0.2, -0.15) is 0 Å². The zero-order valence-corrected chi connectivity index (χ0v) is 10.5. The van der Waals surface area contributed by atoms with E-state index in [-0.39, 0.29) is 0 Å². The van der Waals surface area contributed by atoms with Crippen LogP contribution in [0.5, 0.6) is 5.75 Å². The third-order valence-corrected chi connectivity index (χ3v) is 3.00. The zero-order valence-electron chi connectivity index (χ0n) is 10.5. The summed E-state index contributed by atoms with van der Waals surface area (Å²) in [4.78, 5) is 0. The molecule has 94 valence electrons. The molecule has 0 unspecified atom stereocenters. The average Bonchev–Trinajstić information content (AvgIpc) is 3.18. The van der Waals surface area contributed by atoms with Gasteiger partial charge in [-0.15, -0.1) is 0 Å². The van der Waals surface area contributed by atoms with Crippen molar-refractivity contribution in [2.75, 3.05) is 20.2 Å². The molecule has 0 radical (unpaired) electrons. The van der Waals surface area contributed by atoms with Crippen LogP contribution in [0.15, 0.2) is 24.3 Å². The molecule has 3 nitrogen and oxygen atoms in total. The molecule has 1 aromatic carbocycles. The predicted molar refractivity (Wildman–Crippen MR) is 70.3 cm³/mol. The van der Waals surface area contributed by atoms with E-state index in [2.05, 4.69) is 22.8 Å². The normalized spacial score (nSPS) is 14.9. The Balaban J connectivity index is 1.56. The SMILES string of the molecule is COc1cccc(CNCCCNC2CC2)c1. The van der Waals surface area contributed by atoms with Crippen LogP contribution in [0.2, 0.25) is 0 Å². The van der Waals surface area contributed by atoms with Crippen LogP contribution in [0, 0.1) is 0 Å². The van der Waals surface area contributed by atoms with Gasteiger partial charge in [0.15, 0.2) is 0 Å². The minimum atomic E-state index is 0.827. The van der Waals surface area contributed by atoms with Crippen molar-refractivity contribution in [3.63, 3.8) is 0 Å². The first-order valence-corrected chi connectivity index (χ1v) is 6.45. The zero-order chi connectivity index (χ0) is 11.9. The summed E-state index contributed by atoms with van der Waals surface area (Å²) in [5.74, 6) is 0.930. The Morgan fingerprint density at radius 1 is 1.29 bits per heavy atom. The number of nitrogens with one attached hydrogen (secondary N) is 2. The summed E-state index contributed by atoms with van der Waals surface area (Å²) in [6, 6.07) is 9.04. The minimum Gasteiger partial charge on any atom is -0.497 e. The maximum atomic E-state index is 5.20. The standard InChI is InChI=1S/C14H22N2O/c1-17-14-5-2-4-12(10-14)11-15-8-3-9-16-13-6-7-13/h2,4-5,10,13,15-16H,3,6-9,11H2,1H3. The molecule has 1 fully saturated rings. The van der Waals surface area contributed by atoms with Gasteiger partial charge < -0.3 is 15.4 Å². The Morgan fingerprint density at radius 2 is 2.18 bits per heavy atom. The van der Waals surface area contributed by atoms with E-state index in [4.69, 9.17) is 4.74 Å². The first-order chi connectivity index (χ1) is 8.38. The molecule has 0 aliphatic heterocycles. The monoisotopic (exact) mass is 234 g/mol. The van der Waals surface area contributed by atoms with Crippen molar-refractivity contribution in [3.8, 4) is 5.75 Å². The lowest BCUT2D eigenvalue weighted by molar-refractivity contribution is 0.414. The molecule has 2 rings (SSSR count). The van der Waals surface area contributed by atoms with E-state index < -0.39 is 0 Å². The van der Waals surface area contributed by atoms with Crippen LogP contribution in [0.3, 0.4) is 0 Å². The molecular weight excluding hydrogens is 212 g/mol. The van der Waals surface area contributed by atoms with E-state index in [1.54, 1.807) is 7.11 Å². The van der Waals surface area contributed by atoms with Gasteiger partial charge in [0.1, 0.15) is 5.75 Å². The summed E-state index contributed by atoms with van der Waals surface area (Å²) in [5, 5.41) is 6.97. The van der Waals surface area contributed by atoms with Crippen LogP contribution in [0.25, 0.3) is 0 Å². The molecule has 0 saturated heterocycles. The minimum absolute atomic E-state index is 0.827. The lowest BCUT2D eigenvalue weighted by Gasteiger charge is -2.07. The Morgan fingerprint density at radius 3 is 2.94 bits per heavy atom. The highest BCUT2D eigenvalue weighted by Gasteiger charge is 2.19. The van der Waals surface area contributed by atoms with Crippen LogP contribution >= 0.6 is 0 Å². The van der Waals surface area contributed by atoms with Crippen molar-refractivity contribution in [1.82, 2.24) is 10.6 Å². The summed E-state index contributed by atoms with van der Waals surface area (Å²) < 4.78 is 5.20. The lowest BCUT2D eigenvalue weighted by Crippen LogP contribution is -2.23. The maximum absolute atomic E-state index is 5.20. The van der Waals surface area contributed by atoms with Crippen molar-refractivity contribution >= 4 is 0 Å². The molecule has 1 aliphatic carbocycles. The van der Waals surface area contributed by atoms with E-state index >= 15 is 0 Å². The van der Waals surface area contributed by atoms with Gasteiger partial charge in [0, 0.05) is 12.6 Å². The molecule has 0 amide bonds. The molecule has 0 aromatic heterocycles. The molecule has 0 atom stereocenters. The van der Waals surface area contributed by atoms with E-state index in [1.807, 2.05) is 12.1 Å². The Bertz CT molecular complexity index is 337. The average molecular weight is 234 g/mol. The third kappa shape index (κ3) is 4.75. The van der Waals surface area contributed by atoms with Crippen LogP contribution in [0.1, 0.15) is 24.8 Å². The highest BCUT2D eigenvalue weighted by Crippen LogP contribution is 2.18. The number of methoxy groups -OCH3 is 1. The summed E-state index contributed by atoms with van der Waals surface area (Å²) in [6.45, 7) is 3.12. The Kier molecular flexibility index (Phi) is 4.83. The van der Waals surface area contributed by atoms with E-state index in [9.17, 15) is 0 Å². The first kappa shape index (κ1) is 12.4. The number of ether oxygens (including phenoxy) is 1.